The number of rotatable bonds is 7. The van der Waals surface area contributed by atoms with Crippen LogP contribution in [-0.4, -0.2) is 29.7 Å². The number of amidine groups is 1. The third kappa shape index (κ3) is 4.69. The highest BCUT2D eigenvalue weighted by atomic mass is 16.5. The molecule has 0 aliphatic rings. The highest BCUT2D eigenvalue weighted by Crippen LogP contribution is 2.12. The summed E-state index contributed by atoms with van der Waals surface area (Å²) >= 11 is 0. The summed E-state index contributed by atoms with van der Waals surface area (Å²) in [6, 6.07) is 3.83. The van der Waals surface area contributed by atoms with Gasteiger partial charge in [-0.15, -0.1) is 0 Å². The van der Waals surface area contributed by atoms with E-state index in [-0.39, 0.29) is 5.84 Å². The Balaban J connectivity index is 2.26. The van der Waals surface area contributed by atoms with Gasteiger partial charge in [0.05, 0.1) is 7.11 Å². The minimum Gasteiger partial charge on any atom is -0.481 e. The van der Waals surface area contributed by atoms with Gasteiger partial charge in [-0.1, -0.05) is 11.2 Å². The summed E-state index contributed by atoms with van der Waals surface area (Å²) in [4.78, 5) is 4.10. The van der Waals surface area contributed by atoms with E-state index in [4.69, 9.17) is 15.7 Å². The van der Waals surface area contributed by atoms with Gasteiger partial charge < -0.3 is 21.0 Å². The Morgan fingerprint density at radius 1 is 1.65 bits per heavy atom. The Bertz CT molecular complexity index is 368. The van der Waals surface area contributed by atoms with Crippen LogP contribution in [0.3, 0.4) is 0 Å². The second-order valence-corrected chi connectivity index (χ2v) is 3.54. The number of oxime groups is 1. The highest BCUT2D eigenvalue weighted by Gasteiger charge is 2.02. The predicted octanol–water partition coefficient (Wildman–Crippen LogP) is 0.706. The monoisotopic (exact) mass is 238 g/mol. The molecule has 0 aromatic carbocycles. The summed E-state index contributed by atoms with van der Waals surface area (Å²) in [5.74, 6) is 0.891. The van der Waals surface area contributed by atoms with E-state index in [2.05, 4.69) is 15.5 Å². The molecule has 0 atom stereocenters. The molecule has 1 rings (SSSR count). The Morgan fingerprint density at radius 3 is 3.18 bits per heavy atom. The van der Waals surface area contributed by atoms with Gasteiger partial charge in [-0.3, -0.25) is 0 Å². The number of nitrogens with zero attached hydrogens (tertiary/aromatic N) is 2. The summed E-state index contributed by atoms with van der Waals surface area (Å²) in [5, 5.41) is 14.5. The Kier molecular flexibility index (Phi) is 5.81. The largest absolute Gasteiger partial charge is 0.481 e. The van der Waals surface area contributed by atoms with Gasteiger partial charge in [0.1, 0.15) is 5.84 Å². The maximum Gasteiger partial charge on any atom is 0.217 e. The second-order valence-electron chi connectivity index (χ2n) is 3.54. The zero-order valence-corrected chi connectivity index (χ0v) is 9.89. The first kappa shape index (κ1) is 13.2. The van der Waals surface area contributed by atoms with E-state index in [1.807, 2.05) is 12.1 Å². The smallest absolute Gasteiger partial charge is 0.217 e. The number of nitrogens with one attached hydrogen (secondary N) is 1. The summed E-state index contributed by atoms with van der Waals surface area (Å²) in [7, 11) is 1.60. The number of ether oxygens (including phenoxy) is 1. The number of pyridine rings is 1. The van der Waals surface area contributed by atoms with Crippen LogP contribution in [0.4, 0.5) is 0 Å². The fourth-order valence-corrected chi connectivity index (χ4v) is 1.41. The molecule has 0 unspecified atom stereocenters. The van der Waals surface area contributed by atoms with Crippen molar-refractivity contribution in [2.24, 2.45) is 10.9 Å². The van der Waals surface area contributed by atoms with E-state index in [1.165, 1.54) is 0 Å². The molecule has 1 aromatic rings. The molecule has 1 heterocycles. The molecule has 4 N–H and O–H groups in total. The molecule has 0 saturated carbocycles. The number of aromatic nitrogens is 1. The molecule has 6 nitrogen and oxygen atoms in total. The van der Waals surface area contributed by atoms with Gasteiger partial charge >= 0.3 is 0 Å². The van der Waals surface area contributed by atoms with Gasteiger partial charge in [-0.25, -0.2) is 4.98 Å². The Hall–Kier alpha value is -1.82. The molecule has 0 radical (unpaired) electrons. The van der Waals surface area contributed by atoms with Crippen LogP contribution in [0.1, 0.15) is 18.4 Å². The van der Waals surface area contributed by atoms with Crippen molar-refractivity contribution >= 4 is 5.84 Å². The molecular formula is C11H18N4O2. The van der Waals surface area contributed by atoms with E-state index >= 15 is 0 Å². The second kappa shape index (κ2) is 7.45. The summed E-state index contributed by atoms with van der Waals surface area (Å²) in [6.07, 6.45) is 3.09. The average molecular weight is 238 g/mol. The van der Waals surface area contributed by atoms with Crippen LogP contribution in [0.15, 0.2) is 23.5 Å². The molecule has 0 amide bonds. The molecule has 17 heavy (non-hydrogen) atoms. The van der Waals surface area contributed by atoms with Gasteiger partial charge in [0, 0.05) is 24.7 Å². The van der Waals surface area contributed by atoms with Crippen LogP contribution in [0.2, 0.25) is 0 Å². The molecule has 0 bridgehead atoms. The van der Waals surface area contributed by atoms with Crippen molar-refractivity contribution < 1.29 is 9.94 Å². The van der Waals surface area contributed by atoms with Crippen LogP contribution in [0, 0.1) is 0 Å². The molecular weight excluding hydrogens is 220 g/mol. The standard InChI is InChI=1S/C11H18N4O2/c1-17-11-9(4-2-7-14-11)8-13-6-3-5-10(12)15-16/h2,4,7,13,16H,3,5-6,8H2,1H3,(H2,12,15). The topological polar surface area (TPSA) is 92.8 Å². The molecule has 0 aliphatic heterocycles. The fraction of sp³-hybridized carbons (Fsp3) is 0.455. The Morgan fingerprint density at radius 2 is 2.47 bits per heavy atom. The third-order valence-electron chi connectivity index (χ3n) is 2.27. The predicted molar refractivity (Wildman–Crippen MR) is 65.1 cm³/mol. The van der Waals surface area contributed by atoms with Gasteiger partial charge in [-0.2, -0.15) is 0 Å². The van der Waals surface area contributed by atoms with Gasteiger partial charge in [0.15, 0.2) is 0 Å². The van der Waals surface area contributed by atoms with Crippen LogP contribution in [0.5, 0.6) is 5.88 Å². The van der Waals surface area contributed by atoms with Crippen LogP contribution >= 0.6 is 0 Å². The lowest BCUT2D eigenvalue weighted by Gasteiger charge is -2.07. The van der Waals surface area contributed by atoms with Gasteiger partial charge in [0.2, 0.25) is 5.88 Å². The highest BCUT2D eigenvalue weighted by molar-refractivity contribution is 5.79. The molecule has 1 aromatic heterocycles. The average Bonchev–Trinajstić information content (AvgIpc) is 2.38. The first-order valence-electron chi connectivity index (χ1n) is 5.43. The SMILES string of the molecule is COc1ncccc1CNCCCC(N)=NO. The minimum atomic E-state index is 0.255. The zero-order chi connectivity index (χ0) is 12.5. The minimum absolute atomic E-state index is 0.255. The van der Waals surface area contributed by atoms with E-state index in [0.717, 1.165) is 18.5 Å². The summed E-state index contributed by atoms with van der Waals surface area (Å²) in [5.41, 5.74) is 6.37. The van der Waals surface area contributed by atoms with Crippen LogP contribution in [-0.2, 0) is 6.54 Å². The molecule has 0 aliphatic carbocycles. The van der Waals surface area contributed by atoms with Crippen molar-refractivity contribution in [3.05, 3.63) is 23.9 Å². The number of hydrogen-bond acceptors (Lipinski definition) is 5. The van der Waals surface area contributed by atoms with Crippen molar-refractivity contribution in [2.75, 3.05) is 13.7 Å². The fourth-order valence-electron chi connectivity index (χ4n) is 1.41. The molecule has 6 heteroatoms. The van der Waals surface area contributed by atoms with Crippen molar-refractivity contribution in [1.82, 2.24) is 10.3 Å². The zero-order valence-electron chi connectivity index (χ0n) is 9.89. The molecule has 0 fully saturated rings. The molecule has 0 saturated heterocycles. The third-order valence-corrected chi connectivity index (χ3v) is 2.27. The van der Waals surface area contributed by atoms with E-state index < -0.39 is 0 Å². The van der Waals surface area contributed by atoms with Crippen LogP contribution < -0.4 is 15.8 Å². The quantitative estimate of drug-likeness (QED) is 0.214. The van der Waals surface area contributed by atoms with Crippen molar-refractivity contribution in [2.45, 2.75) is 19.4 Å². The van der Waals surface area contributed by atoms with E-state index in [1.54, 1.807) is 13.3 Å². The molecule has 0 spiro atoms. The first-order chi connectivity index (χ1) is 8.27. The van der Waals surface area contributed by atoms with Crippen LogP contribution in [0.25, 0.3) is 0 Å². The van der Waals surface area contributed by atoms with Crippen molar-refractivity contribution in [1.29, 1.82) is 0 Å². The maximum atomic E-state index is 8.36. The number of nitrogens with two attached hydrogens (primary N) is 1. The lowest BCUT2D eigenvalue weighted by atomic mass is 10.2. The van der Waals surface area contributed by atoms with Crippen molar-refractivity contribution in [3.8, 4) is 5.88 Å². The number of hydrogen-bond donors (Lipinski definition) is 3. The lowest BCUT2D eigenvalue weighted by Crippen LogP contribution is -2.18. The maximum absolute atomic E-state index is 8.36. The van der Waals surface area contributed by atoms with Gasteiger partial charge in [-0.05, 0) is 19.0 Å². The summed E-state index contributed by atoms with van der Waals surface area (Å²) in [6.45, 7) is 1.47. The van der Waals surface area contributed by atoms with E-state index in [0.29, 0.717) is 18.8 Å². The van der Waals surface area contributed by atoms with E-state index in [9.17, 15) is 0 Å². The molecule has 94 valence electrons. The summed E-state index contributed by atoms with van der Waals surface area (Å²) < 4.78 is 5.13. The normalized spacial score (nSPS) is 11.5. The van der Waals surface area contributed by atoms with Gasteiger partial charge in [0.25, 0.3) is 0 Å². The Labute approximate surface area is 100 Å². The lowest BCUT2D eigenvalue weighted by molar-refractivity contribution is 0.316. The first-order valence-corrected chi connectivity index (χ1v) is 5.43. The number of methoxy groups -OCH3 is 1. The van der Waals surface area contributed by atoms with Crippen molar-refractivity contribution in [3.63, 3.8) is 0 Å².